The Hall–Kier alpha value is -0.610. The van der Waals surface area contributed by atoms with Gasteiger partial charge in [0.05, 0.1) is 7.11 Å². The van der Waals surface area contributed by atoms with E-state index in [1.165, 1.54) is 21.1 Å². The third-order valence-corrected chi connectivity index (χ3v) is 1.01. The van der Waals surface area contributed by atoms with Gasteiger partial charge in [0, 0.05) is 7.11 Å². The van der Waals surface area contributed by atoms with E-state index >= 15 is 0 Å². The van der Waals surface area contributed by atoms with E-state index in [4.69, 9.17) is 5.73 Å². The third-order valence-electron chi connectivity index (χ3n) is 1.01. The number of ether oxygens (including phenoxy) is 2. The lowest BCUT2D eigenvalue weighted by atomic mass is 10.3. The first kappa shape index (κ1) is 8.39. The lowest BCUT2D eigenvalue weighted by Crippen LogP contribution is -2.47. The third kappa shape index (κ3) is 1.99. The van der Waals surface area contributed by atoms with Crippen LogP contribution in [0.3, 0.4) is 0 Å². The van der Waals surface area contributed by atoms with Crippen molar-refractivity contribution in [3.63, 3.8) is 0 Å². The van der Waals surface area contributed by atoms with Crippen LogP contribution in [-0.4, -0.2) is 25.9 Å². The van der Waals surface area contributed by atoms with Crippen LogP contribution < -0.4 is 5.73 Å². The summed E-state index contributed by atoms with van der Waals surface area (Å²) >= 11 is 0. The Kier molecular flexibility index (Phi) is 2.61. The van der Waals surface area contributed by atoms with Crippen LogP contribution in [0.15, 0.2) is 0 Å². The number of carbonyl (C=O) groups excluding carboxylic acids is 1. The summed E-state index contributed by atoms with van der Waals surface area (Å²) in [7, 11) is 2.60. The van der Waals surface area contributed by atoms with Crippen molar-refractivity contribution in [2.45, 2.75) is 12.6 Å². The second-order valence-electron chi connectivity index (χ2n) is 1.80. The quantitative estimate of drug-likeness (QED) is 0.406. The fourth-order valence-corrected chi connectivity index (χ4v) is 0.286. The van der Waals surface area contributed by atoms with Crippen molar-refractivity contribution in [1.29, 1.82) is 0 Å². The highest BCUT2D eigenvalue weighted by molar-refractivity contribution is 5.77. The molecular formula is C5H11NO3. The zero-order valence-electron chi connectivity index (χ0n) is 5.80. The topological polar surface area (TPSA) is 61.5 Å². The molecule has 0 rings (SSSR count). The Morgan fingerprint density at radius 3 is 2.11 bits per heavy atom. The van der Waals surface area contributed by atoms with E-state index in [1.807, 2.05) is 0 Å². The fraction of sp³-hybridized carbons (Fsp3) is 0.800. The summed E-state index contributed by atoms with van der Waals surface area (Å²) in [4.78, 5) is 10.6. The molecule has 0 fully saturated rings. The molecule has 4 heteroatoms. The molecule has 0 amide bonds. The predicted molar refractivity (Wildman–Crippen MR) is 31.6 cm³/mol. The molecule has 2 N–H and O–H groups in total. The molecule has 9 heavy (non-hydrogen) atoms. The lowest BCUT2D eigenvalue weighted by Gasteiger charge is -2.18. The van der Waals surface area contributed by atoms with Gasteiger partial charge in [-0.2, -0.15) is 0 Å². The zero-order valence-corrected chi connectivity index (χ0v) is 5.80. The first-order chi connectivity index (χ1) is 4.04. The van der Waals surface area contributed by atoms with Crippen molar-refractivity contribution < 1.29 is 14.3 Å². The van der Waals surface area contributed by atoms with E-state index < -0.39 is 11.7 Å². The summed E-state index contributed by atoms with van der Waals surface area (Å²) in [5.74, 6) is -0.579. The lowest BCUT2D eigenvalue weighted by molar-refractivity contribution is -0.163. The van der Waals surface area contributed by atoms with Gasteiger partial charge in [0.25, 0.3) is 0 Å². The second kappa shape index (κ2) is 2.80. The van der Waals surface area contributed by atoms with E-state index in [9.17, 15) is 4.79 Å². The van der Waals surface area contributed by atoms with E-state index in [-0.39, 0.29) is 0 Å². The molecule has 0 aromatic carbocycles. The van der Waals surface area contributed by atoms with Gasteiger partial charge >= 0.3 is 5.97 Å². The van der Waals surface area contributed by atoms with Gasteiger partial charge in [0.15, 0.2) is 0 Å². The molecule has 4 nitrogen and oxygen atoms in total. The normalized spacial score (nSPS) is 16.4. The van der Waals surface area contributed by atoms with Crippen LogP contribution in [0, 0.1) is 0 Å². The Labute approximate surface area is 53.9 Å². The zero-order chi connectivity index (χ0) is 7.49. The summed E-state index contributed by atoms with van der Waals surface area (Å²) in [6.07, 6.45) is 0. The molecule has 0 saturated heterocycles. The van der Waals surface area contributed by atoms with Gasteiger partial charge in [-0.05, 0) is 6.92 Å². The van der Waals surface area contributed by atoms with Gasteiger partial charge in [-0.25, -0.2) is 4.79 Å². The van der Waals surface area contributed by atoms with Gasteiger partial charge in [-0.3, -0.25) is 5.73 Å². The van der Waals surface area contributed by atoms with Gasteiger partial charge in [-0.1, -0.05) is 0 Å². The molecule has 0 saturated carbocycles. The van der Waals surface area contributed by atoms with Crippen molar-refractivity contribution in [1.82, 2.24) is 0 Å². The molecule has 54 valence electrons. The summed E-state index contributed by atoms with van der Waals surface area (Å²) in [5, 5.41) is 0. The Balaban J connectivity index is 3.97. The summed E-state index contributed by atoms with van der Waals surface area (Å²) in [6, 6.07) is 0. The molecule has 0 spiro atoms. The fourth-order valence-electron chi connectivity index (χ4n) is 0.286. The monoisotopic (exact) mass is 133 g/mol. The molecule has 1 unspecified atom stereocenters. The van der Waals surface area contributed by atoms with Crippen LogP contribution in [-0.2, 0) is 14.3 Å². The van der Waals surface area contributed by atoms with Crippen molar-refractivity contribution in [2.75, 3.05) is 14.2 Å². The summed E-state index contributed by atoms with van der Waals surface area (Å²) < 4.78 is 8.91. The van der Waals surface area contributed by atoms with Crippen molar-refractivity contribution in [3.05, 3.63) is 0 Å². The molecule has 0 radical (unpaired) electrons. The number of rotatable bonds is 2. The molecule has 0 aliphatic carbocycles. The standard InChI is InChI=1S/C5H11NO3/c1-5(6,9-3)4(7)8-2/h6H2,1-3H3. The average Bonchev–Trinajstić information content (AvgIpc) is 1.86. The van der Waals surface area contributed by atoms with Crippen LogP contribution in [0.5, 0.6) is 0 Å². The van der Waals surface area contributed by atoms with Gasteiger partial charge in [0.2, 0.25) is 5.72 Å². The predicted octanol–water partition coefficient (Wildman–Crippen LogP) is -0.519. The number of nitrogens with two attached hydrogens (primary N) is 1. The molecule has 0 bridgehead atoms. The number of carbonyl (C=O) groups is 1. The number of methoxy groups -OCH3 is 2. The second-order valence-corrected chi connectivity index (χ2v) is 1.80. The Bertz CT molecular complexity index is 111. The minimum atomic E-state index is -1.31. The molecule has 0 aromatic heterocycles. The van der Waals surface area contributed by atoms with E-state index in [1.54, 1.807) is 0 Å². The Morgan fingerprint density at radius 2 is 2.00 bits per heavy atom. The minimum Gasteiger partial charge on any atom is -0.466 e. The first-order valence-electron chi connectivity index (χ1n) is 2.47. The summed E-state index contributed by atoms with van der Waals surface area (Å²) in [6.45, 7) is 1.43. The molecule has 0 aliphatic heterocycles. The van der Waals surface area contributed by atoms with E-state index in [0.717, 1.165) is 0 Å². The number of hydrogen-bond acceptors (Lipinski definition) is 4. The first-order valence-corrected chi connectivity index (χ1v) is 2.47. The highest BCUT2D eigenvalue weighted by atomic mass is 16.6. The maximum absolute atomic E-state index is 10.6. The smallest absolute Gasteiger partial charge is 0.353 e. The molecule has 0 aromatic rings. The van der Waals surface area contributed by atoms with Crippen LogP contribution in [0.4, 0.5) is 0 Å². The van der Waals surface area contributed by atoms with Crippen LogP contribution in [0.2, 0.25) is 0 Å². The molecule has 1 atom stereocenters. The van der Waals surface area contributed by atoms with Crippen LogP contribution in [0.1, 0.15) is 6.92 Å². The van der Waals surface area contributed by atoms with Crippen molar-refractivity contribution >= 4 is 5.97 Å². The highest BCUT2D eigenvalue weighted by Gasteiger charge is 2.28. The maximum atomic E-state index is 10.6. The largest absolute Gasteiger partial charge is 0.466 e. The minimum absolute atomic E-state index is 0.579. The van der Waals surface area contributed by atoms with Gasteiger partial charge in [-0.15, -0.1) is 0 Å². The highest BCUT2D eigenvalue weighted by Crippen LogP contribution is 2.00. The van der Waals surface area contributed by atoms with Crippen LogP contribution >= 0.6 is 0 Å². The number of hydrogen-bond donors (Lipinski definition) is 1. The van der Waals surface area contributed by atoms with Gasteiger partial charge in [0.1, 0.15) is 0 Å². The molecule has 0 heterocycles. The summed E-state index contributed by atoms with van der Waals surface area (Å²) in [5.41, 5.74) is 3.96. The average molecular weight is 133 g/mol. The SMILES string of the molecule is COC(=O)C(C)(N)OC. The molecule has 0 aliphatic rings. The van der Waals surface area contributed by atoms with Crippen molar-refractivity contribution in [3.8, 4) is 0 Å². The van der Waals surface area contributed by atoms with E-state index in [0.29, 0.717) is 0 Å². The van der Waals surface area contributed by atoms with Gasteiger partial charge < -0.3 is 9.47 Å². The maximum Gasteiger partial charge on any atom is 0.353 e. The number of esters is 1. The van der Waals surface area contributed by atoms with E-state index in [2.05, 4.69) is 9.47 Å². The van der Waals surface area contributed by atoms with Crippen molar-refractivity contribution in [2.24, 2.45) is 5.73 Å². The Morgan fingerprint density at radius 1 is 1.56 bits per heavy atom. The molecular weight excluding hydrogens is 122 g/mol. The van der Waals surface area contributed by atoms with Crippen LogP contribution in [0.25, 0.3) is 0 Å².